The molecule has 1 aliphatic carbocycles. The van der Waals surface area contributed by atoms with Gasteiger partial charge in [0.05, 0.1) is 18.5 Å². The molecule has 3 nitrogen and oxygen atoms in total. The van der Waals surface area contributed by atoms with Gasteiger partial charge in [0.1, 0.15) is 5.75 Å². The Hall–Kier alpha value is -1.38. The normalized spacial score (nSPS) is 21.4. The lowest BCUT2D eigenvalue weighted by Gasteiger charge is -2.38. The summed E-state index contributed by atoms with van der Waals surface area (Å²) in [5.41, 5.74) is 2.73. The number of nitrogens with one attached hydrogen (secondary N) is 2. The lowest BCUT2D eigenvalue weighted by molar-refractivity contribution is 0.313. The number of ether oxygens (including phenoxy) is 1. The molecule has 1 aromatic carbocycles. The summed E-state index contributed by atoms with van der Waals surface area (Å²) in [4.78, 5) is 0. The molecule has 18 heavy (non-hydrogen) atoms. The predicted octanol–water partition coefficient (Wildman–Crippen LogP) is 3.63. The Kier molecular flexibility index (Phi) is 3.06. The van der Waals surface area contributed by atoms with Crippen molar-refractivity contribution in [2.75, 3.05) is 24.3 Å². The van der Waals surface area contributed by atoms with Crippen molar-refractivity contribution >= 4 is 11.4 Å². The number of methoxy groups -OCH3 is 1. The monoisotopic (exact) mass is 246 g/mol. The average Bonchev–Trinajstić information content (AvgIpc) is 2.58. The standard InChI is InChI=1S/C15H22N2O/c1-18-12-5-6-13-14(11-12)16-10-9-15(17-13)7-3-2-4-8-15/h5-6,11,16-17H,2-4,7-10H2,1H3. The molecule has 1 saturated carbocycles. The van der Waals surface area contributed by atoms with E-state index in [0.717, 1.165) is 12.3 Å². The first-order chi connectivity index (χ1) is 8.81. The van der Waals surface area contributed by atoms with Gasteiger partial charge >= 0.3 is 0 Å². The van der Waals surface area contributed by atoms with Gasteiger partial charge in [0.2, 0.25) is 0 Å². The minimum atomic E-state index is 0.324. The molecule has 3 rings (SSSR count). The summed E-state index contributed by atoms with van der Waals surface area (Å²) in [6.45, 7) is 1.05. The highest BCUT2D eigenvalue weighted by Gasteiger charge is 2.33. The summed E-state index contributed by atoms with van der Waals surface area (Å²) in [5.74, 6) is 0.919. The lowest BCUT2D eigenvalue weighted by Crippen LogP contribution is -2.40. The van der Waals surface area contributed by atoms with Crippen LogP contribution in [0.5, 0.6) is 5.75 Å². The fourth-order valence-electron chi connectivity index (χ4n) is 3.29. The highest BCUT2D eigenvalue weighted by Crippen LogP contribution is 2.39. The minimum absolute atomic E-state index is 0.324. The summed E-state index contributed by atoms with van der Waals surface area (Å²) in [6.07, 6.45) is 7.94. The van der Waals surface area contributed by atoms with E-state index in [4.69, 9.17) is 4.74 Å². The van der Waals surface area contributed by atoms with Gasteiger partial charge in [-0.15, -0.1) is 0 Å². The van der Waals surface area contributed by atoms with Crippen LogP contribution in [0, 0.1) is 0 Å². The van der Waals surface area contributed by atoms with Gasteiger partial charge in [-0.1, -0.05) is 19.3 Å². The number of hydrogen-bond acceptors (Lipinski definition) is 3. The third kappa shape index (κ3) is 2.14. The van der Waals surface area contributed by atoms with E-state index in [1.807, 2.05) is 6.07 Å². The maximum atomic E-state index is 5.29. The predicted molar refractivity (Wildman–Crippen MR) is 75.5 cm³/mol. The van der Waals surface area contributed by atoms with Crippen LogP contribution in [0.25, 0.3) is 0 Å². The van der Waals surface area contributed by atoms with Crippen LogP contribution in [0.3, 0.4) is 0 Å². The molecule has 1 fully saturated rings. The van der Waals surface area contributed by atoms with Crippen LogP contribution in [-0.4, -0.2) is 19.2 Å². The highest BCUT2D eigenvalue weighted by molar-refractivity contribution is 5.72. The first kappa shape index (κ1) is 11.7. The Balaban J connectivity index is 1.88. The van der Waals surface area contributed by atoms with Crippen molar-refractivity contribution in [3.63, 3.8) is 0 Å². The molecule has 2 N–H and O–H groups in total. The van der Waals surface area contributed by atoms with E-state index in [0.29, 0.717) is 5.54 Å². The zero-order valence-electron chi connectivity index (χ0n) is 11.1. The fourth-order valence-corrected chi connectivity index (χ4v) is 3.29. The molecule has 1 aromatic rings. The molecule has 0 atom stereocenters. The number of rotatable bonds is 1. The maximum Gasteiger partial charge on any atom is 0.121 e. The van der Waals surface area contributed by atoms with Crippen LogP contribution in [0.15, 0.2) is 18.2 Å². The lowest BCUT2D eigenvalue weighted by atomic mass is 9.79. The zero-order chi connectivity index (χ0) is 12.4. The van der Waals surface area contributed by atoms with E-state index in [1.165, 1.54) is 49.9 Å². The molecule has 1 spiro atoms. The molecule has 2 aliphatic rings. The van der Waals surface area contributed by atoms with E-state index in [-0.39, 0.29) is 0 Å². The van der Waals surface area contributed by atoms with E-state index >= 15 is 0 Å². The summed E-state index contributed by atoms with van der Waals surface area (Å²) < 4.78 is 5.29. The molecule has 98 valence electrons. The van der Waals surface area contributed by atoms with Crippen LogP contribution in [0.1, 0.15) is 38.5 Å². The van der Waals surface area contributed by atoms with Crippen molar-refractivity contribution in [3.05, 3.63) is 18.2 Å². The second-order valence-corrected chi connectivity index (χ2v) is 5.55. The zero-order valence-corrected chi connectivity index (χ0v) is 11.1. The van der Waals surface area contributed by atoms with Gasteiger partial charge in [0, 0.05) is 18.2 Å². The Bertz CT molecular complexity index is 425. The van der Waals surface area contributed by atoms with Crippen LogP contribution in [0.2, 0.25) is 0 Å². The third-order valence-electron chi connectivity index (χ3n) is 4.36. The minimum Gasteiger partial charge on any atom is -0.497 e. The summed E-state index contributed by atoms with van der Waals surface area (Å²) in [5, 5.41) is 7.34. The largest absolute Gasteiger partial charge is 0.497 e. The molecular weight excluding hydrogens is 224 g/mol. The highest BCUT2D eigenvalue weighted by atomic mass is 16.5. The van der Waals surface area contributed by atoms with Crippen LogP contribution >= 0.6 is 0 Å². The number of fused-ring (bicyclic) bond motifs is 1. The number of benzene rings is 1. The number of hydrogen-bond donors (Lipinski definition) is 2. The van der Waals surface area contributed by atoms with Gasteiger partial charge in [-0.05, 0) is 31.4 Å². The smallest absolute Gasteiger partial charge is 0.121 e. The summed E-state index contributed by atoms with van der Waals surface area (Å²) >= 11 is 0. The third-order valence-corrected chi connectivity index (χ3v) is 4.36. The van der Waals surface area contributed by atoms with Gasteiger partial charge in [-0.25, -0.2) is 0 Å². The molecular formula is C15H22N2O. The second kappa shape index (κ2) is 4.71. The van der Waals surface area contributed by atoms with E-state index in [1.54, 1.807) is 7.11 Å². The molecule has 0 aromatic heterocycles. The van der Waals surface area contributed by atoms with Crippen molar-refractivity contribution in [1.29, 1.82) is 0 Å². The van der Waals surface area contributed by atoms with Gasteiger partial charge in [-0.2, -0.15) is 0 Å². The van der Waals surface area contributed by atoms with Crippen LogP contribution in [0.4, 0.5) is 11.4 Å². The first-order valence-electron chi connectivity index (χ1n) is 7.01. The molecule has 0 amide bonds. The maximum absolute atomic E-state index is 5.29. The Morgan fingerprint density at radius 3 is 2.67 bits per heavy atom. The first-order valence-corrected chi connectivity index (χ1v) is 7.01. The Morgan fingerprint density at radius 1 is 1.06 bits per heavy atom. The Morgan fingerprint density at radius 2 is 1.89 bits per heavy atom. The molecule has 1 heterocycles. The summed E-state index contributed by atoms with van der Waals surface area (Å²) in [6, 6.07) is 6.27. The molecule has 0 unspecified atom stereocenters. The Labute approximate surface area is 109 Å². The van der Waals surface area contributed by atoms with E-state index in [2.05, 4.69) is 22.8 Å². The van der Waals surface area contributed by atoms with Crippen molar-refractivity contribution in [2.45, 2.75) is 44.1 Å². The second-order valence-electron chi connectivity index (χ2n) is 5.55. The molecule has 0 saturated heterocycles. The topological polar surface area (TPSA) is 33.3 Å². The SMILES string of the molecule is COc1ccc2c(c1)NCCC1(CCCCC1)N2. The summed E-state index contributed by atoms with van der Waals surface area (Å²) in [7, 11) is 1.72. The van der Waals surface area contributed by atoms with Gasteiger partial charge in [0.15, 0.2) is 0 Å². The number of anilines is 2. The van der Waals surface area contributed by atoms with Crippen LogP contribution < -0.4 is 15.4 Å². The van der Waals surface area contributed by atoms with Crippen molar-refractivity contribution in [3.8, 4) is 5.75 Å². The fraction of sp³-hybridized carbons (Fsp3) is 0.600. The molecule has 3 heteroatoms. The quantitative estimate of drug-likeness (QED) is 0.794. The van der Waals surface area contributed by atoms with Gasteiger partial charge in [-0.3, -0.25) is 0 Å². The van der Waals surface area contributed by atoms with Crippen molar-refractivity contribution in [1.82, 2.24) is 0 Å². The molecule has 1 aliphatic heterocycles. The molecule has 0 radical (unpaired) electrons. The van der Waals surface area contributed by atoms with E-state index < -0.39 is 0 Å². The van der Waals surface area contributed by atoms with E-state index in [9.17, 15) is 0 Å². The van der Waals surface area contributed by atoms with Gasteiger partial charge in [0.25, 0.3) is 0 Å². The van der Waals surface area contributed by atoms with Crippen molar-refractivity contribution < 1.29 is 4.74 Å². The van der Waals surface area contributed by atoms with Crippen molar-refractivity contribution in [2.24, 2.45) is 0 Å². The van der Waals surface area contributed by atoms with Crippen LogP contribution in [-0.2, 0) is 0 Å². The molecule has 0 bridgehead atoms. The van der Waals surface area contributed by atoms with Gasteiger partial charge < -0.3 is 15.4 Å². The average molecular weight is 246 g/mol.